The van der Waals surface area contributed by atoms with Crippen molar-refractivity contribution in [1.82, 2.24) is 5.32 Å². The number of aromatic nitrogens is 1. The van der Waals surface area contributed by atoms with Crippen molar-refractivity contribution in [3.05, 3.63) is 30.1 Å². The summed E-state index contributed by atoms with van der Waals surface area (Å²) in [6.45, 7) is 5.17. The third-order valence-electron chi connectivity index (χ3n) is 2.28. The molecule has 1 aliphatic heterocycles. The molecule has 0 bridgehead atoms. The third-order valence-corrected chi connectivity index (χ3v) is 2.28. The minimum absolute atomic E-state index is 0.598. The van der Waals surface area contributed by atoms with Crippen LogP contribution in [0.5, 0.6) is 0 Å². The second-order valence-electron chi connectivity index (χ2n) is 3.03. The molecule has 1 atom stereocenters. The molecule has 0 spiro atoms. The van der Waals surface area contributed by atoms with E-state index in [1.165, 1.54) is 18.7 Å². The lowest BCUT2D eigenvalue weighted by molar-refractivity contribution is -0.681. The Balaban J connectivity index is 0.000000396. The standard InChI is InChI=1S/C9H13N2.C2H6/c1-11-7-3-2-4-9(11)8-5-6-10-8;1-2/h2-4,7-8,10H,5-6H2,1H3;1-2H3/q+1;. The Bertz CT molecular complexity index is 254. The van der Waals surface area contributed by atoms with Crippen LogP contribution in [0.4, 0.5) is 0 Å². The Hall–Kier alpha value is -0.890. The normalized spacial score (nSPS) is 19.8. The summed E-state index contributed by atoms with van der Waals surface area (Å²) in [5.41, 5.74) is 1.39. The monoisotopic (exact) mass is 179 g/mol. The van der Waals surface area contributed by atoms with Crippen LogP contribution < -0.4 is 9.88 Å². The molecule has 1 N–H and O–H groups in total. The van der Waals surface area contributed by atoms with E-state index in [1.54, 1.807) is 0 Å². The van der Waals surface area contributed by atoms with Gasteiger partial charge in [0, 0.05) is 12.1 Å². The van der Waals surface area contributed by atoms with Gasteiger partial charge in [-0.25, -0.2) is 4.57 Å². The number of hydrogen-bond acceptors (Lipinski definition) is 1. The van der Waals surface area contributed by atoms with Gasteiger partial charge in [0.15, 0.2) is 11.9 Å². The highest BCUT2D eigenvalue weighted by Gasteiger charge is 2.24. The number of aryl methyl sites for hydroxylation is 1. The fourth-order valence-corrected chi connectivity index (χ4v) is 1.44. The van der Waals surface area contributed by atoms with Crippen LogP contribution >= 0.6 is 0 Å². The Morgan fingerprint density at radius 3 is 2.54 bits per heavy atom. The van der Waals surface area contributed by atoms with Gasteiger partial charge < -0.3 is 5.32 Å². The van der Waals surface area contributed by atoms with Crippen molar-refractivity contribution < 1.29 is 4.57 Å². The van der Waals surface area contributed by atoms with Crippen LogP contribution in [0.2, 0.25) is 0 Å². The molecule has 0 saturated carbocycles. The summed E-state index contributed by atoms with van der Waals surface area (Å²) in [4.78, 5) is 0. The first-order valence-corrected chi connectivity index (χ1v) is 5.06. The van der Waals surface area contributed by atoms with Crippen molar-refractivity contribution in [2.75, 3.05) is 6.54 Å². The summed E-state index contributed by atoms with van der Waals surface area (Å²) in [5, 5.41) is 3.38. The first-order chi connectivity index (χ1) is 6.38. The van der Waals surface area contributed by atoms with Gasteiger partial charge >= 0.3 is 0 Å². The van der Waals surface area contributed by atoms with E-state index in [0.717, 1.165) is 0 Å². The molecule has 0 aromatic carbocycles. The van der Waals surface area contributed by atoms with E-state index in [1.807, 2.05) is 13.8 Å². The Morgan fingerprint density at radius 1 is 1.38 bits per heavy atom. The lowest BCUT2D eigenvalue weighted by Gasteiger charge is -2.24. The van der Waals surface area contributed by atoms with Gasteiger partial charge in [-0.2, -0.15) is 0 Å². The molecule has 2 heteroatoms. The summed E-state index contributed by atoms with van der Waals surface area (Å²) >= 11 is 0. The van der Waals surface area contributed by atoms with Crippen molar-refractivity contribution in [3.63, 3.8) is 0 Å². The maximum absolute atomic E-state index is 3.38. The third kappa shape index (κ3) is 2.28. The van der Waals surface area contributed by atoms with Crippen molar-refractivity contribution in [2.24, 2.45) is 7.05 Å². The van der Waals surface area contributed by atoms with Crippen LogP contribution in [0.25, 0.3) is 0 Å². The molecule has 1 unspecified atom stereocenters. The highest BCUT2D eigenvalue weighted by atomic mass is 15.0. The molecule has 2 heterocycles. The summed E-state index contributed by atoms with van der Waals surface area (Å²) < 4.78 is 2.18. The first-order valence-electron chi connectivity index (χ1n) is 5.06. The van der Waals surface area contributed by atoms with Crippen LogP contribution in [-0.2, 0) is 7.05 Å². The highest BCUT2D eigenvalue weighted by molar-refractivity contribution is 5.05. The molecule has 2 rings (SSSR count). The molecular weight excluding hydrogens is 160 g/mol. The van der Waals surface area contributed by atoms with Gasteiger partial charge in [0.25, 0.3) is 0 Å². The molecule has 1 aliphatic rings. The van der Waals surface area contributed by atoms with Crippen molar-refractivity contribution in [1.29, 1.82) is 0 Å². The Kier molecular flexibility index (Phi) is 3.90. The zero-order chi connectivity index (χ0) is 9.68. The highest BCUT2D eigenvalue weighted by Crippen LogP contribution is 2.18. The molecule has 1 aromatic heterocycles. The smallest absolute Gasteiger partial charge is 0.198 e. The average molecular weight is 179 g/mol. The molecule has 2 nitrogen and oxygen atoms in total. The van der Waals surface area contributed by atoms with Gasteiger partial charge in [0.05, 0.1) is 6.04 Å². The molecule has 72 valence electrons. The molecule has 0 amide bonds. The zero-order valence-electron chi connectivity index (χ0n) is 8.75. The number of nitrogens with zero attached hydrogens (tertiary/aromatic N) is 1. The maximum atomic E-state index is 3.38. The predicted octanol–water partition coefficient (Wildman–Crippen LogP) is 1.57. The number of pyridine rings is 1. The van der Waals surface area contributed by atoms with Gasteiger partial charge in [-0.1, -0.05) is 19.9 Å². The van der Waals surface area contributed by atoms with E-state index in [9.17, 15) is 0 Å². The minimum atomic E-state index is 0.598. The Morgan fingerprint density at radius 2 is 2.08 bits per heavy atom. The summed E-state index contributed by atoms with van der Waals surface area (Å²) in [6, 6.07) is 6.93. The zero-order valence-corrected chi connectivity index (χ0v) is 8.75. The molecule has 0 radical (unpaired) electrons. The molecule has 1 aromatic rings. The molecule has 1 fully saturated rings. The van der Waals surface area contributed by atoms with Crippen LogP contribution in [0.1, 0.15) is 32.0 Å². The van der Waals surface area contributed by atoms with Crippen LogP contribution in [0.15, 0.2) is 24.4 Å². The predicted molar refractivity (Wildman–Crippen MR) is 54.3 cm³/mol. The molecule has 13 heavy (non-hydrogen) atoms. The lowest BCUT2D eigenvalue weighted by atomic mass is 10.0. The second kappa shape index (κ2) is 4.97. The van der Waals surface area contributed by atoms with E-state index in [4.69, 9.17) is 0 Å². The quantitative estimate of drug-likeness (QED) is 0.647. The van der Waals surface area contributed by atoms with E-state index in [0.29, 0.717) is 6.04 Å². The van der Waals surface area contributed by atoms with Crippen LogP contribution in [-0.4, -0.2) is 6.54 Å². The van der Waals surface area contributed by atoms with E-state index in [-0.39, 0.29) is 0 Å². The fraction of sp³-hybridized carbons (Fsp3) is 0.545. The van der Waals surface area contributed by atoms with Gasteiger partial charge in [0.2, 0.25) is 0 Å². The minimum Gasteiger partial charge on any atom is -0.305 e. The Labute approximate surface area is 80.6 Å². The molecule has 1 saturated heterocycles. The number of rotatable bonds is 1. The maximum Gasteiger partial charge on any atom is 0.198 e. The summed E-state index contributed by atoms with van der Waals surface area (Å²) in [6.07, 6.45) is 3.37. The van der Waals surface area contributed by atoms with Crippen LogP contribution in [0.3, 0.4) is 0 Å². The first kappa shape index (κ1) is 10.2. The lowest BCUT2D eigenvalue weighted by Crippen LogP contribution is -2.44. The average Bonchev–Trinajstić information content (AvgIpc) is 2.09. The summed E-state index contributed by atoms with van der Waals surface area (Å²) in [5.74, 6) is 0. The van der Waals surface area contributed by atoms with Gasteiger partial charge in [-0.05, 0) is 13.0 Å². The molecule has 0 aliphatic carbocycles. The van der Waals surface area contributed by atoms with Crippen molar-refractivity contribution in [2.45, 2.75) is 26.3 Å². The van der Waals surface area contributed by atoms with E-state index < -0.39 is 0 Å². The topological polar surface area (TPSA) is 15.9 Å². The number of hydrogen-bond donors (Lipinski definition) is 1. The van der Waals surface area contributed by atoms with Crippen molar-refractivity contribution in [3.8, 4) is 0 Å². The molecular formula is C11H19N2+. The van der Waals surface area contributed by atoms with E-state index in [2.05, 4.69) is 41.3 Å². The van der Waals surface area contributed by atoms with E-state index >= 15 is 0 Å². The van der Waals surface area contributed by atoms with Crippen molar-refractivity contribution >= 4 is 0 Å². The fourth-order valence-electron chi connectivity index (χ4n) is 1.44. The second-order valence-corrected chi connectivity index (χ2v) is 3.03. The largest absolute Gasteiger partial charge is 0.305 e. The van der Waals surface area contributed by atoms with Gasteiger partial charge in [-0.3, -0.25) is 0 Å². The van der Waals surface area contributed by atoms with Gasteiger partial charge in [0.1, 0.15) is 7.05 Å². The van der Waals surface area contributed by atoms with Gasteiger partial charge in [-0.15, -0.1) is 0 Å². The SMILES string of the molecule is CC.C[n+]1ccccc1C1CCN1. The summed E-state index contributed by atoms with van der Waals surface area (Å²) in [7, 11) is 2.09. The van der Waals surface area contributed by atoms with Crippen LogP contribution in [0, 0.1) is 0 Å². The number of nitrogens with one attached hydrogen (secondary N) is 1.